The van der Waals surface area contributed by atoms with Crippen LogP contribution < -0.4 is 10.2 Å². The highest BCUT2D eigenvalue weighted by Gasteiger charge is 2.40. The summed E-state index contributed by atoms with van der Waals surface area (Å²) in [6, 6.07) is 23.8. The van der Waals surface area contributed by atoms with Crippen molar-refractivity contribution in [1.29, 1.82) is 5.26 Å². The minimum absolute atomic E-state index is 0.122. The van der Waals surface area contributed by atoms with Gasteiger partial charge in [-0.1, -0.05) is 69.1 Å². The average Bonchev–Trinajstić information content (AvgIpc) is 3.12. The van der Waals surface area contributed by atoms with Gasteiger partial charge in [0, 0.05) is 20.9 Å². The number of benzene rings is 3. The van der Waals surface area contributed by atoms with Crippen LogP contribution in [0.4, 0.5) is 11.4 Å². The molecule has 3 aromatic carbocycles. The fraction of sp³-hybridized carbons (Fsp3) is 0.115. The zero-order chi connectivity index (χ0) is 24.2. The van der Waals surface area contributed by atoms with Crippen molar-refractivity contribution in [2.24, 2.45) is 0 Å². The number of hydrogen-bond acceptors (Lipinski definition) is 4. The van der Waals surface area contributed by atoms with Crippen LogP contribution in [0.3, 0.4) is 0 Å². The number of carbonyl (C=O) groups is 2. The molecule has 2 amide bonds. The van der Waals surface area contributed by atoms with E-state index in [1.807, 2.05) is 49.4 Å². The van der Waals surface area contributed by atoms with Crippen LogP contribution in [-0.2, 0) is 16.0 Å². The molecule has 1 atom stereocenters. The average molecular weight is 553 g/mol. The number of thioether (sulfide) groups is 1. The molecule has 1 unspecified atom stereocenters. The van der Waals surface area contributed by atoms with Crippen LogP contribution in [0.5, 0.6) is 0 Å². The zero-order valence-electron chi connectivity index (χ0n) is 18.1. The minimum atomic E-state index is -0.585. The molecule has 1 aliphatic rings. The van der Waals surface area contributed by atoms with Gasteiger partial charge in [-0.05, 0) is 67.4 Å². The summed E-state index contributed by atoms with van der Waals surface area (Å²) in [6.07, 6.45) is 0.485. The highest BCUT2D eigenvalue weighted by atomic mass is 79.9. The van der Waals surface area contributed by atoms with E-state index in [0.717, 1.165) is 15.6 Å². The molecule has 0 saturated carbocycles. The van der Waals surface area contributed by atoms with Gasteiger partial charge in [0.25, 0.3) is 5.91 Å². The zero-order valence-corrected chi connectivity index (χ0v) is 21.2. The molecule has 1 N–H and O–H groups in total. The van der Waals surface area contributed by atoms with Crippen LogP contribution in [0.15, 0.2) is 87.9 Å². The first-order valence-corrected chi connectivity index (χ1v) is 12.4. The molecule has 1 aliphatic heterocycles. The first-order valence-electron chi connectivity index (χ1n) is 10.4. The number of aryl methyl sites for hydroxylation is 1. The lowest BCUT2D eigenvalue weighted by atomic mass is 10.1. The lowest BCUT2D eigenvalue weighted by Crippen LogP contribution is -2.30. The Bertz CT molecular complexity index is 1320. The second-order valence-corrected chi connectivity index (χ2v) is 10.2. The van der Waals surface area contributed by atoms with Crippen molar-refractivity contribution in [2.45, 2.75) is 18.6 Å². The molecule has 0 radical (unpaired) electrons. The summed E-state index contributed by atoms with van der Waals surface area (Å²) in [5.41, 5.74) is 3.10. The third kappa shape index (κ3) is 5.36. The van der Waals surface area contributed by atoms with Crippen molar-refractivity contribution in [2.75, 3.05) is 10.2 Å². The Morgan fingerprint density at radius 3 is 2.50 bits per heavy atom. The van der Waals surface area contributed by atoms with Crippen LogP contribution in [-0.4, -0.2) is 17.1 Å². The maximum Gasteiger partial charge on any atom is 0.269 e. The molecule has 1 saturated heterocycles. The van der Waals surface area contributed by atoms with Crippen molar-refractivity contribution in [3.05, 3.63) is 104 Å². The maximum absolute atomic E-state index is 13.5. The smallest absolute Gasteiger partial charge is 0.269 e. The van der Waals surface area contributed by atoms with Crippen molar-refractivity contribution in [3.63, 3.8) is 0 Å². The van der Waals surface area contributed by atoms with Gasteiger partial charge < -0.3 is 5.32 Å². The molecule has 34 heavy (non-hydrogen) atoms. The maximum atomic E-state index is 13.5. The van der Waals surface area contributed by atoms with Crippen molar-refractivity contribution >= 4 is 62.5 Å². The Balaban J connectivity index is 1.72. The summed E-state index contributed by atoms with van der Waals surface area (Å²) in [7, 11) is 0. The summed E-state index contributed by atoms with van der Waals surface area (Å²) >= 11 is 10.6. The predicted molar refractivity (Wildman–Crippen MR) is 141 cm³/mol. The topological polar surface area (TPSA) is 73.2 Å². The van der Waals surface area contributed by atoms with Crippen molar-refractivity contribution < 1.29 is 9.59 Å². The first kappa shape index (κ1) is 24.1. The van der Waals surface area contributed by atoms with E-state index in [4.69, 9.17) is 11.6 Å². The molecule has 0 aromatic heterocycles. The minimum Gasteiger partial charge on any atom is -0.321 e. The first-order chi connectivity index (χ1) is 16.4. The lowest BCUT2D eigenvalue weighted by Gasteiger charge is -2.19. The number of rotatable bonds is 5. The largest absolute Gasteiger partial charge is 0.321 e. The van der Waals surface area contributed by atoms with Crippen LogP contribution in [0.1, 0.15) is 11.1 Å². The van der Waals surface area contributed by atoms with E-state index in [9.17, 15) is 14.9 Å². The molecule has 0 aliphatic carbocycles. The van der Waals surface area contributed by atoms with E-state index >= 15 is 0 Å². The number of carbonyl (C=O) groups excluding carboxylic acids is 2. The van der Waals surface area contributed by atoms with Crippen LogP contribution in [0, 0.1) is 18.3 Å². The predicted octanol–water partition coefficient (Wildman–Crippen LogP) is 6.48. The third-order valence-corrected chi connectivity index (χ3v) is 7.24. The monoisotopic (exact) mass is 551 g/mol. The van der Waals surface area contributed by atoms with Gasteiger partial charge >= 0.3 is 0 Å². The molecule has 0 spiro atoms. The quantitative estimate of drug-likeness (QED) is 0.291. The van der Waals surface area contributed by atoms with Gasteiger partial charge in [-0.15, -0.1) is 0 Å². The summed E-state index contributed by atoms with van der Waals surface area (Å²) < 4.78 is 0.860. The van der Waals surface area contributed by atoms with E-state index in [0.29, 0.717) is 27.8 Å². The molecule has 0 bridgehead atoms. The fourth-order valence-corrected chi connectivity index (χ4v) is 5.29. The Morgan fingerprint density at radius 2 is 1.85 bits per heavy atom. The van der Waals surface area contributed by atoms with Gasteiger partial charge in [0.15, 0.2) is 0 Å². The van der Waals surface area contributed by atoms with E-state index in [2.05, 4.69) is 21.2 Å². The molecule has 1 fully saturated rings. The Hall–Kier alpha value is -3.05. The van der Waals surface area contributed by atoms with E-state index < -0.39 is 11.2 Å². The fourth-order valence-electron chi connectivity index (χ4n) is 3.59. The van der Waals surface area contributed by atoms with Gasteiger partial charge in [0.05, 0.1) is 5.25 Å². The summed E-state index contributed by atoms with van der Waals surface area (Å²) in [4.78, 5) is 28.1. The second kappa shape index (κ2) is 10.5. The summed E-state index contributed by atoms with van der Waals surface area (Å²) in [6.45, 7) is 2.00. The molecule has 8 heteroatoms. The Labute approximate surface area is 215 Å². The highest BCUT2D eigenvalue weighted by Crippen LogP contribution is 2.42. The molecule has 3 aromatic rings. The van der Waals surface area contributed by atoms with Crippen LogP contribution in [0.25, 0.3) is 0 Å². The number of nitrogens with one attached hydrogen (secondary N) is 1. The van der Waals surface area contributed by atoms with Gasteiger partial charge in [0.2, 0.25) is 5.91 Å². The van der Waals surface area contributed by atoms with Crippen LogP contribution >= 0.6 is 39.3 Å². The van der Waals surface area contributed by atoms with Crippen molar-refractivity contribution in [3.8, 4) is 6.07 Å². The molecule has 4 rings (SSSR count). The van der Waals surface area contributed by atoms with Gasteiger partial charge in [-0.2, -0.15) is 5.26 Å². The molecule has 1 heterocycles. The SMILES string of the molecule is Cc1cccc(CC2SC(=C(C#N)C(=O)Nc3ccc(Cl)cc3)N(c3ccc(Br)cc3)C2=O)c1. The van der Waals surface area contributed by atoms with Gasteiger partial charge in [-0.3, -0.25) is 14.5 Å². The molecule has 5 nitrogen and oxygen atoms in total. The second-order valence-electron chi connectivity index (χ2n) is 7.70. The normalized spacial score (nSPS) is 16.8. The van der Waals surface area contributed by atoms with Crippen LogP contribution in [0.2, 0.25) is 5.02 Å². The van der Waals surface area contributed by atoms with E-state index in [-0.39, 0.29) is 11.5 Å². The molecular weight excluding hydrogens is 534 g/mol. The Morgan fingerprint density at radius 1 is 1.15 bits per heavy atom. The Kier molecular flexibility index (Phi) is 7.42. The van der Waals surface area contributed by atoms with E-state index in [1.165, 1.54) is 16.7 Å². The van der Waals surface area contributed by atoms with Gasteiger partial charge in [0.1, 0.15) is 16.7 Å². The number of amides is 2. The molecule has 170 valence electrons. The standard InChI is InChI=1S/C26H19BrClN3O2S/c1-16-3-2-4-17(13-16)14-23-25(33)31(21-11-5-18(27)6-12-21)26(34-23)22(15-29)24(32)30-20-9-7-19(28)8-10-20/h2-13,23H,14H2,1H3,(H,30,32). The molecular formula is C26H19BrClN3O2S. The number of anilines is 2. The lowest BCUT2D eigenvalue weighted by molar-refractivity contribution is -0.117. The highest BCUT2D eigenvalue weighted by molar-refractivity contribution is 9.10. The third-order valence-electron chi connectivity index (χ3n) is 5.20. The number of halogens is 2. The summed E-state index contributed by atoms with van der Waals surface area (Å²) in [5.74, 6) is -0.755. The van der Waals surface area contributed by atoms with Gasteiger partial charge in [-0.25, -0.2) is 0 Å². The van der Waals surface area contributed by atoms with Crippen molar-refractivity contribution in [1.82, 2.24) is 0 Å². The van der Waals surface area contributed by atoms with E-state index in [1.54, 1.807) is 36.4 Å². The number of nitriles is 1. The number of nitrogens with zero attached hydrogens (tertiary/aromatic N) is 2. The summed E-state index contributed by atoms with van der Waals surface area (Å²) in [5, 5.41) is 13.1. The number of hydrogen-bond donors (Lipinski definition) is 1.